The van der Waals surface area contributed by atoms with Gasteiger partial charge in [-0.2, -0.15) is 0 Å². The van der Waals surface area contributed by atoms with Crippen LogP contribution in [0.1, 0.15) is 52.0 Å². The SMILES string of the molecule is C=C(Cc1ccccc1F)N=C(C)/C(=C\CCC)CCC. The Bertz CT molecular complexity index is 526. The molecular formula is C19H26FN. The molecule has 1 aromatic rings. The number of benzene rings is 1. The molecule has 0 aliphatic rings. The van der Waals surface area contributed by atoms with E-state index >= 15 is 0 Å². The summed E-state index contributed by atoms with van der Waals surface area (Å²) < 4.78 is 13.6. The van der Waals surface area contributed by atoms with Crippen molar-refractivity contribution in [3.8, 4) is 0 Å². The highest BCUT2D eigenvalue weighted by molar-refractivity contribution is 5.98. The first-order valence-corrected chi connectivity index (χ1v) is 7.74. The molecule has 0 bridgehead atoms. The summed E-state index contributed by atoms with van der Waals surface area (Å²) in [6, 6.07) is 6.79. The fourth-order valence-electron chi connectivity index (χ4n) is 2.23. The summed E-state index contributed by atoms with van der Waals surface area (Å²) in [5, 5.41) is 0. The number of unbranched alkanes of at least 4 members (excludes halogenated alkanes) is 1. The van der Waals surface area contributed by atoms with Crippen molar-refractivity contribution in [1.82, 2.24) is 0 Å². The average molecular weight is 287 g/mol. The first-order chi connectivity index (χ1) is 10.1. The zero-order valence-electron chi connectivity index (χ0n) is 13.5. The van der Waals surface area contributed by atoms with Gasteiger partial charge in [0.15, 0.2) is 0 Å². The van der Waals surface area contributed by atoms with E-state index in [1.54, 1.807) is 12.1 Å². The molecule has 0 amide bonds. The van der Waals surface area contributed by atoms with Gasteiger partial charge in [-0.15, -0.1) is 0 Å². The van der Waals surface area contributed by atoms with Crippen LogP contribution in [-0.4, -0.2) is 5.71 Å². The van der Waals surface area contributed by atoms with Crippen LogP contribution in [0.5, 0.6) is 0 Å². The Hall–Kier alpha value is -1.70. The van der Waals surface area contributed by atoms with Gasteiger partial charge in [0.2, 0.25) is 0 Å². The van der Waals surface area contributed by atoms with Crippen molar-refractivity contribution < 1.29 is 4.39 Å². The smallest absolute Gasteiger partial charge is 0.126 e. The average Bonchev–Trinajstić information content (AvgIpc) is 2.45. The normalized spacial score (nSPS) is 12.6. The summed E-state index contributed by atoms with van der Waals surface area (Å²) in [6.07, 6.45) is 7.05. The largest absolute Gasteiger partial charge is 0.258 e. The first kappa shape index (κ1) is 17.4. The number of rotatable bonds is 8. The van der Waals surface area contributed by atoms with E-state index in [2.05, 4.69) is 31.5 Å². The molecule has 0 radical (unpaired) electrons. The number of hydrogen-bond acceptors (Lipinski definition) is 1. The van der Waals surface area contributed by atoms with Crippen LogP contribution in [0.25, 0.3) is 0 Å². The van der Waals surface area contributed by atoms with Gasteiger partial charge < -0.3 is 0 Å². The fraction of sp³-hybridized carbons (Fsp3) is 0.421. The van der Waals surface area contributed by atoms with Gasteiger partial charge in [0.05, 0.1) is 0 Å². The van der Waals surface area contributed by atoms with E-state index in [4.69, 9.17) is 0 Å². The van der Waals surface area contributed by atoms with Crippen LogP contribution in [0.15, 0.2) is 53.2 Å². The number of aliphatic imine (C=N–C) groups is 1. The van der Waals surface area contributed by atoms with Crippen molar-refractivity contribution >= 4 is 5.71 Å². The highest BCUT2D eigenvalue weighted by Crippen LogP contribution is 2.15. The Morgan fingerprint density at radius 2 is 1.95 bits per heavy atom. The van der Waals surface area contributed by atoms with E-state index in [1.807, 2.05) is 13.0 Å². The molecule has 0 aliphatic carbocycles. The minimum absolute atomic E-state index is 0.193. The molecule has 0 saturated carbocycles. The van der Waals surface area contributed by atoms with Crippen LogP contribution in [0.3, 0.4) is 0 Å². The molecule has 0 heterocycles. The Kier molecular flexibility index (Phi) is 7.66. The van der Waals surface area contributed by atoms with E-state index in [0.29, 0.717) is 17.7 Å². The molecular weight excluding hydrogens is 261 g/mol. The van der Waals surface area contributed by atoms with Gasteiger partial charge in [-0.25, -0.2) is 4.39 Å². The van der Waals surface area contributed by atoms with Gasteiger partial charge in [0, 0.05) is 17.8 Å². The summed E-state index contributed by atoms with van der Waals surface area (Å²) in [4.78, 5) is 4.57. The molecule has 1 nitrogen and oxygen atoms in total. The maximum absolute atomic E-state index is 13.6. The number of halogens is 1. The second kappa shape index (κ2) is 9.28. The first-order valence-electron chi connectivity index (χ1n) is 7.74. The highest BCUT2D eigenvalue weighted by Gasteiger charge is 2.05. The molecule has 21 heavy (non-hydrogen) atoms. The van der Waals surface area contributed by atoms with Crippen LogP contribution in [0, 0.1) is 5.82 Å². The van der Waals surface area contributed by atoms with Crippen molar-refractivity contribution in [3.63, 3.8) is 0 Å². The third-order valence-electron chi connectivity index (χ3n) is 3.34. The molecule has 0 unspecified atom stereocenters. The van der Waals surface area contributed by atoms with Crippen LogP contribution < -0.4 is 0 Å². The molecule has 2 heteroatoms. The molecule has 1 rings (SSSR count). The van der Waals surface area contributed by atoms with E-state index in [1.165, 1.54) is 11.6 Å². The van der Waals surface area contributed by atoms with Gasteiger partial charge in [0.25, 0.3) is 0 Å². The zero-order valence-corrected chi connectivity index (χ0v) is 13.5. The van der Waals surface area contributed by atoms with Crippen LogP contribution in [0.4, 0.5) is 4.39 Å². The minimum Gasteiger partial charge on any atom is -0.258 e. The van der Waals surface area contributed by atoms with E-state index in [-0.39, 0.29) is 5.82 Å². The summed E-state index contributed by atoms with van der Waals surface area (Å²) in [7, 11) is 0. The Morgan fingerprint density at radius 3 is 2.57 bits per heavy atom. The van der Waals surface area contributed by atoms with Crippen molar-refractivity contribution in [2.24, 2.45) is 4.99 Å². The maximum atomic E-state index is 13.6. The third-order valence-corrected chi connectivity index (χ3v) is 3.34. The number of allylic oxidation sites excluding steroid dienone is 3. The zero-order chi connectivity index (χ0) is 15.7. The van der Waals surface area contributed by atoms with E-state index < -0.39 is 0 Å². The molecule has 1 aromatic carbocycles. The second-order valence-electron chi connectivity index (χ2n) is 5.30. The van der Waals surface area contributed by atoms with Crippen molar-refractivity contribution in [2.75, 3.05) is 0 Å². The van der Waals surface area contributed by atoms with Gasteiger partial charge in [-0.1, -0.05) is 57.5 Å². The lowest BCUT2D eigenvalue weighted by Crippen LogP contribution is -2.00. The predicted octanol–water partition coefficient (Wildman–Crippen LogP) is 5.87. The summed E-state index contributed by atoms with van der Waals surface area (Å²) in [6.45, 7) is 10.3. The molecule has 0 aromatic heterocycles. The summed E-state index contributed by atoms with van der Waals surface area (Å²) in [5.41, 5.74) is 3.64. The molecule has 0 N–H and O–H groups in total. The van der Waals surface area contributed by atoms with E-state index in [0.717, 1.165) is 31.4 Å². The van der Waals surface area contributed by atoms with Crippen molar-refractivity contribution in [3.05, 3.63) is 59.6 Å². The van der Waals surface area contributed by atoms with Gasteiger partial charge in [-0.3, -0.25) is 4.99 Å². The van der Waals surface area contributed by atoms with Crippen molar-refractivity contribution in [2.45, 2.75) is 52.9 Å². The molecule has 0 fully saturated rings. The molecule has 0 aliphatic heterocycles. The maximum Gasteiger partial charge on any atom is 0.126 e. The lowest BCUT2D eigenvalue weighted by molar-refractivity contribution is 0.613. The van der Waals surface area contributed by atoms with Crippen LogP contribution >= 0.6 is 0 Å². The van der Waals surface area contributed by atoms with Crippen LogP contribution in [0.2, 0.25) is 0 Å². The second-order valence-corrected chi connectivity index (χ2v) is 5.30. The summed E-state index contributed by atoms with van der Waals surface area (Å²) in [5.74, 6) is -0.193. The highest BCUT2D eigenvalue weighted by atomic mass is 19.1. The fourth-order valence-corrected chi connectivity index (χ4v) is 2.23. The number of hydrogen-bond donors (Lipinski definition) is 0. The minimum atomic E-state index is -0.193. The molecule has 114 valence electrons. The van der Waals surface area contributed by atoms with Gasteiger partial charge in [-0.05, 0) is 37.0 Å². The monoisotopic (exact) mass is 287 g/mol. The lowest BCUT2D eigenvalue weighted by Gasteiger charge is -2.08. The van der Waals surface area contributed by atoms with Crippen LogP contribution in [-0.2, 0) is 6.42 Å². The van der Waals surface area contributed by atoms with Gasteiger partial charge >= 0.3 is 0 Å². The molecule has 0 atom stereocenters. The Morgan fingerprint density at radius 1 is 1.24 bits per heavy atom. The van der Waals surface area contributed by atoms with Crippen molar-refractivity contribution in [1.29, 1.82) is 0 Å². The summed E-state index contributed by atoms with van der Waals surface area (Å²) >= 11 is 0. The molecule has 0 spiro atoms. The molecule has 0 saturated heterocycles. The van der Waals surface area contributed by atoms with E-state index in [9.17, 15) is 4.39 Å². The topological polar surface area (TPSA) is 12.4 Å². The number of nitrogens with zero attached hydrogens (tertiary/aromatic N) is 1. The Balaban J connectivity index is 2.79. The quantitative estimate of drug-likeness (QED) is 0.530. The lowest BCUT2D eigenvalue weighted by atomic mass is 10.0. The third kappa shape index (κ3) is 6.07. The van der Waals surface area contributed by atoms with Gasteiger partial charge in [0.1, 0.15) is 5.82 Å². The standard InChI is InChI=1S/C19H26FN/c1-5-7-11-17(10-6-2)16(4)21-15(3)14-18-12-8-9-13-19(18)20/h8-9,11-13H,3,5-7,10,14H2,1-2,4H3/b17-11-,21-16?. The Labute approximate surface area is 128 Å². The predicted molar refractivity (Wildman–Crippen MR) is 90.3 cm³/mol.